The van der Waals surface area contributed by atoms with E-state index in [1.165, 1.54) is 28.7 Å². The third-order valence-corrected chi connectivity index (χ3v) is 7.58. The molecule has 1 aromatic heterocycles. The lowest BCUT2D eigenvalue weighted by Gasteiger charge is -2.16. The minimum atomic E-state index is -1.14. The first-order valence-corrected chi connectivity index (χ1v) is 13.3. The standard InChI is InChI=1S/C26H27ClN2O4S2/c1-29(14-18-7-3-2-4-8-18)15-20-11-12-24(35-20)26(33)28-22(13-25(31)32)23(30)17-34-16-19-9-5-6-10-21(19)27/h2-12,22H,13-17H2,1H3,(H,28,33)(H,31,32)/t22-/m0/s1. The number of carbonyl (C=O) groups is 3. The van der Waals surface area contributed by atoms with Crippen LogP contribution in [0.1, 0.15) is 32.1 Å². The molecular formula is C26H27ClN2O4S2. The quantitative estimate of drug-likeness (QED) is 0.319. The number of rotatable bonds is 13. The van der Waals surface area contributed by atoms with Gasteiger partial charge in [-0.3, -0.25) is 19.3 Å². The molecule has 35 heavy (non-hydrogen) atoms. The zero-order valence-electron chi connectivity index (χ0n) is 19.3. The molecule has 6 nitrogen and oxygen atoms in total. The molecule has 0 bridgehead atoms. The van der Waals surface area contributed by atoms with Crippen molar-refractivity contribution >= 4 is 52.4 Å². The van der Waals surface area contributed by atoms with Crippen LogP contribution in [-0.4, -0.2) is 46.5 Å². The van der Waals surface area contributed by atoms with E-state index in [1.807, 2.05) is 49.5 Å². The zero-order valence-corrected chi connectivity index (χ0v) is 21.7. The number of Topliss-reactive ketones (excluding diaryl/α,β-unsaturated/α-hetero) is 1. The first-order valence-electron chi connectivity index (χ1n) is 11.0. The predicted octanol–water partition coefficient (Wildman–Crippen LogP) is 5.11. The first-order chi connectivity index (χ1) is 16.8. The minimum Gasteiger partial charge on any atom is -0.481 e. The van der Waals surface area contributed by atoms with Crippen LogP contribution in [0.2, 0.25) is 5.02 Å². The van der Waals surface area contributed by atoms with Gasteiger partial charge in [0, 0.05) is 28.7 Å². The summed E-state index contributed by atoms with van der Waals surface area (Å²) in [6.07, 6.45) is -0.463. The highest BCUT2D eigenvalue weighted by Crippen LogP contribution is 2.22. The number of nitrogens with zero attached hydrogens (tertiary/aromatic N) is 1. The fourth-order valence-electron chi connectivity index (χ4n) is 3.43. The number of amides is 1. The molecule has 0 radical (unpaired) electrons. The Kier molecular flexibility index (Phi) is 10.3. The number of ketones is 1. The van der Waals surface area contributed by atoms with Crippen LogP contribution in [0.3, 0.4) is 0 Å². The molecule has 0 unspecified atom stereocenters. The Balaban J connectivity index is 1.54. The monoisotopic (exact) mass is 530 g/mol. The van der Waals surface area contributed by atoms with Crippen LogP contribution in [0.15, 0.2) is 66.7 Å². The maximum absolute atomic E-state index is 12.8. The summed E-state index contributed by atoms with van der Waals surface area (Å²) in [4.78, 5) is 40.4. The summed E-state index contributed by atoms with van der Waals surface area (Å²) in [5, 5.41) is 12.5. The third kappa shape index (κ3) is 8.81. The normalized spacial score (nSPS) is 11.9. The molecule has 0 aliphatic heterocycles. The second kappa shape index (κ2) is 13.4. The van der Waals surface area contributed by atoms with Crippen molar-refractivity contribution in [3.63, 3.8) is 0 Å². The largest absolute Gasteiger partial charge is 0.481 e. The number of carboxylic acid groups (broad SMARTS) is 1. The van der Waals surface area contributed by atoms with E-state index in [2.05, 4.69) is 22.3 Å². The van der Waals surface area contributed by atoms with Crippen molar-refractivity contribution in [2.75, 3.05) is 12.8 Å². The Bertz CT molecular complexity index is 1150. The van der Waals surface area contributed by atoms with Gasteiger partial charge in [0.15, 0.2) is 5.78 Å². The van der Waals surface area contributed by atoms with E-state index in [4.69, 9.17) is 11.6 Å². The topological polar surface area (TPSA) is 86.7 Å². The number of thiophene rings is 1. The van der Waals surface area contributed by atoms with Crippen molar-refractivity contribution in [2.45, 2.75) is 31.3 Å². The van der Waals surface area contributed by atoms with Crippen LogP contribution in [0.4, 0.5) is 0 Å². The summed E-state index contributed by atoms with van der Waals surface area (Å²) in [6, 6.07) is 20.0. The average Bonchev–Trinajstić information content (AvgIpc) is 3.28. The van der Waals surface area contributed by atoms with Crippen LogP contribution in [-0.2, 0) is 28.4 Å². The molecule has 1 amide bonds. The van der Waals surface area contributed by atoms with E-state index >= 15 is 0 Å². The number of nitrogens with one attached hydrogen (secondary N) is 1. The van der Waals surface area contributed by atoms with Crippen LogP contribution in [0.25, 0.3) is 0 Å². The van der Waals surface area contributed by atoms with Crippen molar-refractivity contribution in [1.82, 2.24) is 10.2 Å². The van der Waals surface area contributed by atoms with Crippen molar-refractivity contribution in [1.29, 1.82) is 0 Å². The lowest BCUT2D eigenvalue weighted by Crippen LogP contribution is -2.43. The molecule has 0 saturated carbocycles. The molecule has 0 spiro atoms. The SMILES string of the molecule is CN(Cc1ccccc1)Cc1ccc(C(=O)N[C@@H](CC(=O)O)C(=O)CSCc2ccccc2Cl)s1. The summed E-state index contributed by atoms with van der Waals surface area (Å²) in [5.41, 5.74) is 2.10. The highest BCUT2D eigenvalue weighted by Gasteiger charge is 2.25. The Labute approximate surface area is 218 Å². The van der Waals surface area contributed by atoms with Crippen molar-refractivity contribution in [3.05, 3.63) is 92.6 Å². The molecule has 2 aromatic carbocycles. The number of thioether (sulfide) groups is 1. The molecule has 3 aromatic rings. The highest BCUT2D eigenvalue weighted by atomic mass is 35.5. The number of aliphatic carboxylic acids is 1. The van der Waals surface area contributed by atoms with Gasteiger partial charge in [-0.1, -0.05) is 60.1 Å². The highest BCUT2D eigenvalue weighted by molar-refractivity contribution is 7.99. The molecule has 3 rings (SSSR count). The number of hydrogen-bond donors (Lipinski definition) is 2. The number of carboxylic acids is 1. The van der Waals surface area contributed by atoms with Gasteiger partial charge >= 0.3 is 5.97 Å². The number of benzene rings is 2. The molecule has 1 atom stereocenters. The molecule has 1 heterocycles. The molecule has 9 heteroatoms. The third-order valence-electron chi connectivity index (χ3n) is 5.14. The Morgan fingerprint density at radius 2 is 1.74 bits per heavy atom. The van der Waals surface area contributed by atoms with Crippen molar-refractivity contribution in [3.8, 4) is 0 Å². The second-order valence-electron chi connectivity index (χ2n) is 8.10. The maximum Gasteiger partial charge on any atom is 0.305 e. The van der Waals surface area contributed by atoms with Gasteiger partial charge in [-0.25, -0.2) is 0 Å². The zero-order chi connectivity index (χ0) is 25.2. The van der Waals surface area contributed by atoms with Crippen LogP contribution >= 0.6 is 34.7 Å². The van der Waals surface area contributed by atoms with Gasteiger partial charge in [-0.2, -0.15) is 0 Å². The summed E-state index contributed by atoms with van der Waals surface area (Å²) in [6.45, 7) is 1.45. The van der Waals surface area contributed by atoms with E-state index in [-0.39, 0.29) is 11.5 Å². The number of halogens is 1. The summed E-state index contributed by atoms with van der Waals surface area (Å²) in [7, 11) is 2.01. The molecule has 184 valence electrons. The van der Waals surface area contributed by atoms with Crippen LogP contribution < -0.4 is 5.32 Å². The average molecular weight is 531 g/mol. The van der Waals surface area contributed by atoms with Gasteiger partial charge in [-0.05, 0) is 36.4 Å². The molecule has 0 fully saturated rings. The summed E-state index contributed by atoms with van der Waals surface area (Å²) < 4.78 is 0. The van der Waals surface area contributed by atoms with Gasteiger partial charge in [0.25, 0.3) is 5.91 Å². The van der Waals surface area contributed by atoms with Gasteiger partial charge in [0.2, 0.25) is 0 Å². The number of carbonyl (C=O) groups excluding carboxylic acids is 2. The van der Waals surface area contributed by atoms with Gasteiger partial charge < -0.3 is 10.4 Å². The molecular weight excluding hydrogens is 504 g/mol. The van der Waals surface area contributed by atoms with Crippen LogP contribution in [0.5, 0.6) is 0 Å². The first kappa shape index (κ1) is 26.9. The minimum absolute atomic E-state index is 0.0728. The van der Waals surface area contributed by atoms with E-state index in [1.54, 1.807) is 12.1 Å². The summed E-state index contributed by atoms with van der Waals surface area (Å²) in [5.74, 6) is -1.33. The van der Waals surface area contributed by atoms with Gasteiger partial charge in [-0.15, -0.1) is 23.1 Å². The smallest absolute Gasteiger partial charge is 0.305 e. The second-order valence-corrected chi connectivity index (χ2v) is 10.7. The van der Waals surface area contributed by atoms with Gasteiger partial charge in [0.1, 0.15) is 0 Å². The van der Waals surface area contributed by atoms with Crippen molar-refractivity contribution in [2.24, 2.45) is 0 Å². The molecule has 0 aliphatic rings. The fraction of sp³-hybridized carbons (Fsp3) is 0.269. The van der Waals surface area contributed by atoms with Crippen molar-refractivity contribution < 1.29 is 19.5 Å². The lowest BCUT2D eigenvalue weighted by molar-refractivity contribution is -0.139. The summed E-state index contributed by atoms with van der Waals surface area (Å²) >= 11 is 8.82. The Hall–Kier alpha value is -2.65. The molecule has 0 aliphatic carbocycles. The lowest BCUT2D eigenvalue weighted by atomic mass is 10.1. The van der Waals surface area contributed by atoms with E-state index in [0.29, 0.717) is 22.2 Å². The number of hydrogen-bond acceptors (Lipinski definition) is 6. The molecule has 2 N–H and O–H groups in total. The Morgan fingerprint density at radius 1 is 1.03 bits per heavy atom. The van der Waals surface area contributed by atoms with E-state index in [9.17, 15) is 19.5 Å². The maximum atomic E-state index is 12.8. The van der Waals surface area contributed by atoms with E-state index in [0.717, 1.165) is 17.0 Å². The van der Waals surface area contributed by atoms with E-state index < -0.39 is 24.3 Å². The predicted molar refractivity (Wildman–Crippen MR) is 142 cm³/mol. The Morgan fingerprint density at radius 3 is 2.46 bits per heavy atom. The van der Waals surface area contributed by atoms with Crippen LogP contribution in [0, 0.1) is 0 Å². The molecule has 0 saturated heterocycles. The fourth-order valence-corrected chi connectivity index (χ4v) is 5.68. The van der Waals surface area contributed by atoms with Gasteiger partial charge in [0.05, 0.1) is 23.1 Å².